The number of aryl methyl sites for hydroxylation is 1. The van der Waals surface area contributed by atoms with Gasteiger partial charge in [-0.25, -0.2) is 9.69 Å². The molecule has 1 N–H and O–H groups in total. The van der Waals surface area contributed by atoms with Crippen LogP contribution in [0.25, 0.3) is 0 Å². The number of hydrogen-bond donors (Lipinski definition) is 1. The molecule has 1 aromatic rings. The Bertz CT molecular complexity index is 409. The van der Waals surface area contributed by atoms with Crippen LogP contribution in [0.5, 0.6) is 0 Å². The summed E-state index contributed by atoms with van der Waals surface area (Å²) in [7, 11) is 1.66. The van der Waals surface area contributed by atoms with Gasteiger partial charge in [0.1, 0.15) is 5.01 Å². The quantitative estimate of drug-likeness (QED) is 0.875. The number of aliphatic hydroxyl groups is 1. The highest BCUT2D eigenvalue weighted by Gasteiger charge is 2.36. The van der Waals surface area contributed by atoms with Crippen molar-refractivity contribution in [2.24, 2.45) is 0 Å². The molecule has 1 aliphatic heterocycles. The molecular weight excluding hydrogens is 240 g/mol. The maximum absolute atomic E-state index is 11.8. The molecule has 0 saturated carbocycles. The van der Waals surface area contributed by atoms with Crippen LogP contribution in [0.3, 0.4) is 0 Å². The summed E-state index contributed by atoms with van der Waals surface area (Å²) >= 11 is 1.38. The van der Waals surface area contributed by atoms with Crippen LogP contribution in [0.1, 0.15) is 24.8 Å². The molecule has 2 amide bonds. The molecule has 0 aromatic carbocycles. The molecule has 0 spiro atoms. The van der Waals surface area contributed by atoms with E-state index in [9.17, 15) is 9.90 Å². The third-order valence-corrected chi connectivity index (χ3v) is 3.66. The number of aromatic nitrogens is 2. The van der Waals surface area contributed by atoms with E-state index in [1.165, 1.54) is 21.1 Å². The van der Waals surface area contributed by atoms with E-state index in [-0.39, 0.29) is 6.03 Å². The van der Waals surface area contributed by atoms with Crippen molar-refractivity contribution in [2.75, 3.05) is 18.5 Å². The van der Waals surface area contributed by atoms with Crippen LogP contribution in [0, 0.1) is 0 Å². The molecule has 1 unspecified atom stereocenters. The molecule has 6 nitrogen and oxygen atoms in total. The molecule has 1 aromatic heterocycles. The van der Waals surface area contributed by atoms with Gasteiger partial charge >= 0.3 is 6.03 Å². The second-order valence-corrected chi connectivity index (χ2v) is 5.14. The number of urea groups is 1. The maximum Gasteiger partial charge on any atom is 0.328 e. The number of amides is 2. The Morgan fingerprint density at radius 3 is 2.88 bits per heavy atom. The zero-order valence-electron chi connectivity index (χ0n) is 9.96. The van der Waals surface area contributed by atoms with Gasteiger partial charge in [0, 0.05) is 13.5 Å². The van der Waals surface area contributed by atoms with Crippen molar-refractivity contribution in [3.05, 3.63) is 5.01 Å². The van der Waals surface area contributed by atoms with Crippen LogP contribution in [-0.2, 0) is 6.42 Å². The number of carbonyl (C=O) groups excluding carboxylic acids is 1. The van der Waals surface area contributed by atoms with Crippen molar-refractivity contribution >= 4 is 22.5 Å². The normalized spacial score (nSPS) is 20.4. The van der Waals surface area contributed by atoms with Gasteiger partial charge in [-0.2, -0.15) is 0 Å². The molecule has 94 valence electrons. The van der Waals surface area contributed by atoms with Gasteiger partial charge in [-0.1, -0.05) is 24.7 Å². The lowest BCUT2D eigenvalue weighted by molar-refractivity contribution is 0.183. The van der Waals surface area contributed by atoms with Crippen LogP contribution < -0.4 is 4.90 Å². The van der Waals surface area contributed by atoms with E-state index in [1.54, 1.807) is 7.05 Å². The third kappa shape index (κ3) is 2.39. The Kier molecular flexibility index (Phi) is 3.58. The topological polar surface area (TPSA) is 69.6 Å². The minimum Gasteiger partial charge on any atom is -0.371 e. The number of carbonyl (C=O) groups is 1. The molecule has 17 heavy (non-hydrogen) atoms. The molecule has 2 rings (SSSR count). The van der Waals surface area contributed by atoms with E-state index in [4.69, 9.17) is 0 Å². The number of likely N-dealkylation sites (N-methyl/N-ethyl adjacent to an activating group) is 1. The second-order valence-electron chi connectivity index (χ2n) is 4.10. The molecule has 0 aliphatic carbocycles. The van der Waals surface area contributed by atoms with Crippen molar-refractivity contribution < 1.29 is 9.90 Å². The highest BCUT2D eigenvalue weighted by molar-refractivity contribution is 7.15. The summed E-state index contributed by atoms with van der Waals surface area (Å²) in [4.78, 5) is 14.5. The zero-order valence-corrected chi connectivity index (χ0v) is 10.8. The van der Waals surface area contributed by atoms with Crippen LogP contribution in [-0.4, -0.2) is 46.1 Å². The Labute approximate surface area is 104 Å². The van der Waals surface area contributed by atoms with Gasteiger partial charge in [-0.05, 0) is 6.42 Å². The Hall–Kier alpha value is -1.21. The fourth-order valence-electron chi connectivity index (χ4n) is 1.70. The number of nitrogens with zero attached hydrogens (tertiary/aromatic N) is 4. The smallest absolute Gasteiger partial charge is 0.328 e. The summed E-state index contributed by atoms with van der Waals surface area (Å²) in [6, 6.07) is -0.226. The van der Waals surface area contributed by atoms with Crippen molar-refractivity contribution in [2.45, 2.75) is 32.4 Å². The Morgan fingerprint density at radius 1 is 1.53 bits per heavy atom. The lowest BCUT2D eigenvalue weighted by atomic mass is 10.3. The average Bonchev–Trinajstić information content (AvgIpc) is 2.83. The van der Waals surface area contributed by atoms with E-state index in [0.29, 0.717) is 11.7 Å². The van der Waals surface area contributed by atoms with Crippen LogP contribution in [0.2, 0.25) is 0 Å². The van der Waals surface area contributed by atoms with Crippen LogP contribution in [0.15, 0.2) is 0 Å². The maximum atomic E-state index is 11.8. The molecule has 1 saturated heterocycles. The lowest BCUT2D eigenvalue weighted by Gasteiger charge is -2.14. The zero-order chi connectivity index (χ0) is 12.4. The lowest BCUT2D eigenvalue weighted by Crippen LogP contribution is -2.34. The molecular formula is C10H16N4O2S. The summed E-state index contributed by atoms with van der Waals surface area (Å²) in [6.07, 6.45) is 2.22. The minimum absolute atomic E-state index is 0.226. The summed E-state index contributed by atoms with van der Waals surface area (Å²) in [6.45, 7) is 2.42. The van der Waals surface area contributed by atoms with Crippen molar-refractivity contribution in [1.82, 2.24) is 15.1 Å². The highest BCUT2D eigenvalue weighted by Crippen LogP contribution is 2.26. The fraction of sp³-hybridized carbons (Fsp3) is 0.700. The number of hydrogen-bond acceptors (Lipinski definition) is 5. The number of aliphatic hydroxyl groups excluding tert-OH is 1. The fourth-order valence-corrected chi connectivity index (χ4v) is 2.62. The summed E-state index contributed by atoms with van der Waals surface area (Å²) < 4.78 is 0. The van der Waals surface area contributed by atoms with E-state index in [1.807, 2.05) is 0 Å². The first kappa shape index (κ1) is 12.3. The van der Waals surface area contributed by atoms with Gasteiger partial charge in [-0.15, -0.1) is 10.2 Å². The summed E-state index contributed by atoms with van der Waals surface area (Å²) in [5, 5.41) is 19.2. The Morgan fingerprint density at radius 2 is 2.29 bits per heavy atom. The van der Waals surface area contributed by atoms with Crippen LogP contribution in [0.4, 0.5) is 9.93 Å². The third-order valence-electron chi connectivity index (χ3n) is 2.67. The standard InChI is InChI=1S/C10H16N4O2S/c1-3-4-5-7-11-12-9(17-7)14-8(15)6-13(2)10(14)16/h8,15H,3-6H2,1-2H3. The predicted octanol–water partition coefficient (Wildman–Crippen LogP) is 1.07. The predicted molar refractivity (Wildman–Crippen MR) is 65.0 cm³/mol. The average molecular weight is 256 g/mol. The molecule has 1 atom stereocenters. The van der Waals surface area contributed by atoms with Crippen molar-refractivity contribution in [3.8, 4) is 0 Å². The number of β-amino-alcohol motifs (C(OH)–C–C–N with tert-alkyl or cyclic N) is 1. The van der Waals surface area contributed by atoms with Gasteiger partial charge in [0.15, 0.2) is 6.23 Å². The number of anilines is 1. The molecule has 2 heterocycles. The van der Waals surface area contributed by atoms with Gasteiger partial charge in [0.2, 0.25) is 5.13 Å². The van der Waals surface area contributed by atoms with Gasteiger partial charge in [0.25, 0.3) is 0 Å². The van der Waals surface area contributed by atoms with Crippen LogP contribution >= 0.6 is 11.3 Å². The summed E-state index contributed by atoms with van der Waals surface area (Å²) in [5.41, 5.74) is 0. The van der Waals surface area contributed by atoms with Gasteiger partial charge in [0.05, 0.1) is 6.54 Å². The molecule has 7 heteroatoms. The first-order valence-corrected chi connectivity index (χ1v) is 6.50. The summed E-state index contributed by atoms with van der Waals surface area (Å²) in [5.74, 6) is 0. The van der Waals surface area contributed by atoms with Gasteiger partial charge in [-0.3, -0.25) is 0 Å². The highest BCUT2D eigenvalue weighted by atomic mass is 32.1. The van der Waals surface area contributed by atoms with E-state index >= 15 is 0 Å². The second kappa shape index (κ2) is 4.97. The molecule has 1 aliphatic rings. The Balaban J connectivity index is 2.11. The first-order chi connectivity index (χ1) is 8.13. The van der Waals surface area contributed by atoms with E-state index in [0.717, 1.165) is 24.3 Å². The molecule has 0 radical (unpaired) electrons. The van der Waals surface area contributed by atoms with Crippen molar-refractivity contribution in [3.63, 3.8) is 0 Å². The molecule has 0 bridgehead atoms. The molecule has 1 fully saturated rings. The van der Waals surface area contributed by atoms with Crippen molar-refractivity contribution in [1.29, 1.82) is 0 Å². The minimum atomic E-state index is -0.820. The largest absolute Gasteiger partial charge is 0.371 e. The SMILES string of the molecule is CCCCc1nnc(N2C(=O)N(C)CC2O)s1. The van der Waals surface area contributed by atoms with E-state index < -0.39 is 6.23 Å². The first-order valence-electron chi connectivity index (χ1n) is 5.68. The monoisotopic (exact) mass is 256 g/mol. The van der Waals surface area contributed by atoms with Gasteiger partial charge < -0.3 is 10.0 Å². The number of unbranched alkanes of at least 4 members (excludes halogenated alkanes) is 1. The van der Waals surface area contributed by atoms with E-state index in [2.05, 4.69) is 17.1 Å². The number of rotatable bonds is 4.